The van der Waals surface area contributed by atoms with Crippen LogP contribution in [0.2, 0.25) is 0 Å². The molecule has 1 heterocycles. The second kappa shape index (κ2) is 8.88. The summed E-state index contributed by atoms with van der Waals surface area (Å²) in [7, 11) is 1.70. The summed E-state index contributed by atoms with van der Waals surface area (Å²) in [6.45, 7) is 6.22. The van der Waals surface area contributed by atoms with Crippen LogP contribution in [0.3, 0.4) is 0 Å². The number of benzene rings is 1. The molecule has 0 unspecified atom stereocenters. The van der Waals surface area contributed by atoms with Crippen molar-refractivity contribution in [2.45, 2.75) is 45.6 Å². The van der Waals surface area contributed by atoms with E-state index in [2.05, 4.69) is 0 Å². The number of anilines is 1. The number of ether oxygens (including phenoxy) is 2. The van der Waals surface area contributed by atoms with Gasteiger partial charge in [0.1, 0.15) is 11.4 Å². The smallest absolute Gasteiger partial charge is 0.306 e. The maximum absolute atomic E-state index is 12.3. The lowest BCUT2D eigenvalue weighted by Gasteiger charge is -2.29. The summed E-state index contributed by atoms with van der Waals surface area (Å²) in [4.78, 5) is 39.4. The standard InChI is InChI=1S/C20H28N2O5/c1-20(2,3)27-19(25)10-7-12-21(4)17(23)11-13-22-15-8-5-6-9-16(15)26-14-18(22)24/h5-6,8-9H,7,10-14H2,1-4H3. The summed E-state index contributed by atoms with van der Waals surface area (Å²) in [5, 5.41) is 0. The maximum Gasteiger partial charge on any atom is 0.306 e. The zero-order chi connectivity index (χ0) is 20.0. The number of rotatable bonds is 7. The van der Waals surface area contributed by atoms with E-state index >= 15 is 0 Å². The van der Waals surface area contributed by atoms with Crippen LogP contribution in [0.4, 0.5) is 5.69 Å². The van der Waals surface area contributed by atoms with Gasteiger partial charge < -0.3 is 19.3 Å². The lowest BCUT2D eigenvalue weighted by molar-refractivity contribution is -0.155. The minimum absolute atomic E-state index is 0.0169. The summed E-state index contributed by atoms with van der Waals surface area (Å²) in [6.07, 6.45) is 1.02. The molecule has 0 N–H and O–H groups in total. The van der Waals surface area contributed by atoms with Crippen LogP contribution in [-0.2, 0) is 19.1 Å². The number of hydrogen-bond donors (Lipinski definition) is 0. The molecule has 2 amide bonds. The van der Waals surface area contributed by atoms with Gasteiger partial charge in [0.05, 0.1) is 5.69 Å². The summed E-state index contributed by atoms with van der Waals surface area (Å²) >= 11 is 0. The van der Waals surface area contributed by atoms with Crippen LogP contribution in [0, 0.1) is 0 Å². The van der Waals surface area contributed by atoms with E-state index in [1.807, 2.05) is 32.9 Å². The molecule has 0 aliphatic carbocycles. The third kappa shape index (κ3) is 6.27. The van der Waals surface area contributed by atoms with E-state index in [0.29, 0.717) is 30.9 Å². The number of nitrogens with zero attached hydrogens (tertiary/aromatic N) is 2. The van der Waals surface area contributed by atoms with Crippen molar-refractivity contribution in [2.24, 2.45) is 0 Å². The quantitative estimate of drug-likeness (QED) is 0.683. The highest BCUT2D eigenvalue weighted by atomic mass is 16.6. The van der Waals surface area contributed by atoms with Gasteiger partial charge in [0.15, 0.2) is 6.61 Å². The highest BCUT2D eigenvalue weighted by molar-refractivity contribution is 5.98. The lowest BCUT2D eigenvalue weighted by Crippen LogP contribution is -2.41. The van der Waals surface area contributed by atoms with E-state index in [0.717, 1.165) is 0 Å². The van der Waals surface area contributed by atoms with Gasteiger partial charge in [-0.2, -0.15) is 0 Å². The molecular formula is C20H28N2O5. The molecule has 7 nitrogen and oxygen atoms in total. The predicted octanol–water partition coefficient (Wildman–Crippen LogP) is 2.38. The maximum atomic E-state index is 12.3. The van der Waals surface area contributed by atoms with Crippen molar-refractivity contribution in [1.82, 2.24) is 4.90 Å². The first-order valence-corrected chi connectivity index (χ1v) is 9.15. The van der Waals surface area contributed by atoms with Crippen molar-refractivity contribution in [3.8, 4) is 5.75 Å². The van der Waals surface area contributed by atoms with Crippen LogP contribution in [0.15, 0.2) is 24.3 Å². The highest BCUT2D eigenvalue weighted by Crippen LogP contribution is 2.31. The van der Waals surface area contributed by atoms with Crippen molar-refractivity contribution in [1.29, 1.82) is 0 Å². The first-order chi connectivity index (χ1) is 12.7. The summed E-state index contributed by atoms with van der Waals surface area (Å²) < 4.78 is 10.7. The van der Waals surface area contributed by atoms with Gasteiger partial charge in [-0.05, 0) is 39.3 Å². The van der Waals surface area contributed by atoms with E-state index in [1.54, 1.807) is 29.0 Å². The molecule has 0 spiro atoms. The van der Waals surface area contributed by atoms with Gasteiger partial charge in [0, 0.05) is 33.0 Å². The van der Waals surface area contributed by atoms with Gasteiger partial charge in [0.2, 0.25) is 5.91 Å². The zero-order valence-electron chi connectivity index (χ0n) is 16.5. The van der Waals surface area contributed by atoms with E-state index in [4.69, 9.17) is 9.47 Å². The molecular weight excluding hydrogens is 348 g/mol. The summed E-state index contributed by atoms with van der Waals surface area (Å²) in [5.74, 6) is 0.152. The van der Waals surface area contributed by atoms with Gasteiger partial charge >= 0.3 is 5.97 Å². The fraction of sp³-hybridized carbons (Fsp3) is 0.550. The molecule has 1 aromatic carbocycles. The Morgan fingerprint density at radius 1 is 1.22 bits per heavy atom. The predicted molar refractivity (Wildman–Crippen MR) is 102 cm³/mol. The Hall–Kier alpha value is -2.57. The second-order valence-corrected chi connectivity index (χ2v) is 7.56. The number of carbonyl (C=O) groups is 3. The SMILES string of the molecule is CN(CCCC(=O)OC(C)(C)C)C(=O)CCN1C(=O)COc2ccccc21. The van der Waals surface area contributed by atoms with Crippen LogP contribution >= 0.6 is 0 Å². The molecule has 0 radical (unpaired) electrons. The third-order valence-electron chi connectivity index (χ3n) is 4.08. The topological polar surface area (TPSA) is 76.2 Å². The second-order valence-electron chi connectivity index (χ2n) is 7.56. The summed E-state index contributed by atoms with van der Waals surface area (Å²) in [5.41, 5.74) is 0.189. The first kappa shape index (κ1) is 20.7. The lowest BCUT2D eigenvalue weighted by atomic mass is 10.2. The van der Waals surface area contributed by atoms with Crippen molar-refractivity contribution in [2.75, 3.05) is 31.6 Å². The van der Waals surface area contributed by atoms with E-state index in [9.17, 15) is 14.4 Å². The average molecular weight is 376 g/mol. The van der Waals surface area contributed by atoms with Gasteiger partial charge in [-0.1, -0.05) is 12.1 Å². The zero-order valence-corrected chi connectivity index (χ0v) is 16.5. The molecule has 0 saturated heterocycles. The fourth-order valence-corrected chi connectivity index (χ4v) is 2.78. The molecule has 2 rings (SSSR count). The van der Waals surface area contributed by atoms with Gasteiger partial charge in [-0.25, -0.2) is 0 Å². The van der Waals surface area contributed by atoms with E-state index in [-0.39, 0.29) is 37.2 Å². The van der Waals surface area contributed by atoms with E-state index < -0.39 is 5.60 Å². The van der Waals surface area contributed by atoms with Crippen LogP contribution in [0.5, 0.6) is 5.75 Å². The minimum Gasteiger partial charge on any atom is -0.482 e. The first-order valence-electron chi connectivity index (χ1n) is 9.15. The molecule has 7 heteroatoms. The number of hydrogen-bond acceptors (Lipinski definition) is 5. The molecule has 0 fully saturated rings. The Morgan fingerprint density at radius 2 is 1.93 bits per heavy atom. The number of amides is 2. The monoisotopic (exact) mass is 376 g/mol. The minimum atomic E-state index is -0.500. The fourth-order valence-electron chi connectivity index (χ4n) is 2.78. The summed E-state index contributed by atoms with van der Waals surface area (Å²) in [6, 6.07) is 7.29. The largest absolute Gasteiger partial charge is 0.482 e. The molecule has 0 atom stereocenters. The molecule has 1 aliphatic heterocycles. The van der Waals surface area contributed by atoms with Crippen molar-refractivity contribution < 1.29 is 23.9 Å². The van der Waals surface area contributed by atoms with Crippen molar-refractivity contribution in [3.63, 3.8) is 0 Å². The molecule has 27 heavy (non-hydrogen) atoms. The highest BCUT2D eigenvalue weighted by Gasteiger charge is 2.26. The van der Waals surface area contributed by atoms with Crippen LogP contribution in [0.25, 0.3) is 0 Å². The molecule has 0 aromatic heterocycles. The van der Waals surface area contributed by atoms with Crippen molar-refractivity contribution in [3.05, 3.63) is 24.3 Å². The molecule has 148 valence electrons. The van der Waals surface area contributed by atoms with Crippen molar-refractivity contribution >= 4 is 23.5 Å². The Bertz CT molecular complexity index is 696. The average Bonchev–Trinajstić information content (AvgIpc) is 2.59. The molecule has 1 aliphatic rings. The third-order valence-corrected chi connectivity index (χ3v) is 4.08. The van der Waals surface area contributed by atoms with Crippen LogP contribution < -0.4 is 9.64 Å². The molecule has 0 saturated carbocycles. The normalized spacial score (nSPS) is 13.6. The van der Waals surface area contributed by atoms with Gasteiger partial charge in [-0.15, -0.1) is 0 Å². The number of para-hydroxylation sites is 2. The van der Waals surface area contributed by atoms with Crippen LogP contribution in [0.1, 0.15) is 40.0 Å². The Morgan fingerprint density at radius 3 is 2.63 bits per heavy atom. The Balaban J connectivity index is 1.78. The number of carbonyl (C=O) groups excluding carboxylic acids is 3. The van der Waals surface area contributed by atoms with E-state index in [1.165, 1.54) is 0 Å². The molecule has 0 bridgehead atoms. The van der Waals surface area contributed by atoms with Crippen LogP contribution in [-0.4, -0.2) is 55.0 Å². The molecule has 1 aromatic rings. The Kier molecular flexibility index (Phi) is 6.82. The number of esters is 1. The Labute approximate surface area is 160 Å². The number of fused-ring (bicyclic) bond motifs is 1. The van der Waals surface area contributed by atoms with Gasteiger partial charge in [-0.3, -0.25) is 14.4 Å². The van der Waals surface area contributed by atoms with Gasteiger partial charge in [0.25, 0.3) is 5.91 Å².